The topological polar surface area (TPSA) is 55.8 Å². The number of ether oxygens (including phenoxy) is 2. The number of amides is 1. The highest BCUT2D eigenvalue weighted by Crippen LogP contribution is 2.36. The van der Waals surface area contributed by atoms with Gasteiger partial charge in [0, 0.05) is 5.56 Å². The Morgan fingerprint density at radius 3 is 2.58 bits per heavy atom. The maximum atomic E-state index is 12.8. The average molecular weight is 385 g/mol. The summed E-state index contributed by atoms with van der Waals surface area (Å²) in [6.45, 7) is -0.202. The van der Waals surface area contributed by atoms with E-state index in [1.807, 2.05) is 42.5 Å². The Hall–Kier alpha value is -2.64. The highest BCUT2D eigenvalue weighted by atomic mass is 32.2. The molecule has 0 N–H and O–H groups in total. The maximum absolute atomic E-state index is 12.8. The second-order valence-electron chi connectivity index (χ2n) is 5.26. The maximum Gasteiger partial charge on any atom is 0.343 e. The Bertz CT molecular complexity index is 880. The number of esters is 1. The van der Waals surface area contributed by atoms with Gasteiger partial charge in [-0.3, -0.25) is 9.69 Å². The third-order valence-corrected chi connectivity index (χ3v) is 4.89. The number of thioether (sulfide) groups is 1. The first-order valence-corrected chi connectivity index (χ1v) is 8.94. The molecule has 7 heteroatoms. The number of methoxy groups -OCH3 is 1. The molecule has 1 aliphatic heterocycles. The van der Waals surface area contributed by atoms with Crippen LogP contribution in [0, 0.1) is 0 Å². The molecule has 0 saturated carbocycles. The molecule has 0 aliphatic carbocycles. The monoisotopic (exact) mass is 385 g/mol. The lowest BCUT2D eigenvalue weighted by atomic mass is 10.2. The summed E-state index contributed by atoms with van der Waals surface area (Å²) >= 11 is 6.59. The number of para-hydroxylation sites is 2. The van der Waals surface area contributed by atoms with Gasteiger partial charge in [-0.1, -0.05) is 60.4 Å². The number of rotatable bonds is 5. The van der Waals surface area contributed by atoms with Gasteiger partial charge in [-0.2, -0.15) is 0 Å². The number of anilines is 1. The SMILES string of the molecule is COC(=O)COc1ccccc1/C=C1/SC(=S)N(c2ccccc2)C1=O. The van der Waals surface area contributed by atoms with Crippen molar-refractivity contribution >= 4 is 51.9 Å². The predicted octanol–water partition coefficient (Wildman–Crippen LogP) is 3.64. The van der Waals surface area contributed by atoms with E-state index >= 15 is 0 Å². The van der Waals surface area contributed by atoms with Crippen molar-refractivity contribution in [3.8, 4) is 5.75 Å². The summed E-state index contributed by atoms with van der Waals surface area (Å²) in [5.74, 6) is -0.174. The minimum atomic E-state index is -0.477. The van der Waals surface area contributed by atoms with Crippen molar-refractivity contribution in [1.29, 1.82) is 0 Å². The first-order valence-electron chi connectivity index (χ1n) is 7.72. The lowest BCUT2D eigenvalue weighted by Crippen LogP contribution is -2.27. The number of benzene rings is 2. The van der Waals surface area contributed by atoms with E-state index in [1.54, 1.807) is 18.2 Å². The molecule has 0 spiro atoms. The fraction of sp³-hybridized carbons (Fsp3) is 0.105. The van der Waals surface area contributed by atoms with E-state index in [4.69, 9.17) is 17.0 Å². The standard InChI is InChI=1S/C19H15NO4S2/c1-23-17(21)12-24-15-10-6-5-7-13(15)11-16-18(22)20(19(25)26-16)14-8-3-2-4-9-14/h2-11H,12H2,1H3/b16-11+. The molecule has 0 atom stereocenters. The zero-order chi connectivity index (χ0) is 18.5. The zero-order valence-corrected chi connectivity index (χ0v) is 15.5. The lowest BCUT2D eigenvalue weighted by molar-refractivity contribution is -0.142. The minimum Gasteiger partial charge on any atom is -0.481 e. The highest BCUT2D eigenvalue weighted by Gasteiger charge is 2.33. The van der Waals surface area contributed by atoms with E-state index in [-0.39, 0.29) is 12.5 Å². The smallest absolute Gasteiger partial charge is 0.343 e. The highest BCUT2D eigenvalue weighted by molar-refractivity contribution is 8.27. The molecule has 1 fully saturated rings. The van der Waals surface area contributed by atoms with Crippen molar-refractivity contribution in [2.75, 3.05) is 18.6 Å². The molecule has 1 saturated heterocycles. The van der Waals surface area contributed by atoms with Crippen LogP contribution in [-0.4, -0.2) is 29.9 Å². The van der Waals surface area contributed by atoms with Crippen LogP contribution in [-0.2, 0) is 14.3 Å². The summed E-state index contributed by atoms with van der Waals surface area (Å²) in [4.78, 5) is 26.1. The van der Waals surface area contributed by atoms with Crippen molar-refractivity contribution < 1.29 is 19.1 Å². The zero-order valence-electron chi connectivity index (χ0n) is 13.9. The van der Waals surface area contributed by atoms with E-state index < -0.39 is 5.97 Å². The first kappa shape index (κ1) is 18.2. The summed E-state index contributed by atoms with van der Waals surface area (Å²) in [6.07, 6.45) is 1.72. The Balaban J connectivity index is 1.86. The predicted molar refractivity (Wildman–Crippen MR) is 106 cm³/mol. The quantitative estimate of drug-likeness (QED) is 0.445. The van der Waals surface area contributed by atoms with Crippen LogP contribution >= 0.6 is 24.0 Å². The van der Waals surface area contributed by atoms with Crippen LogP contribution in [0.25, 0.3) is 6.08 Å². The van der Waals surface area contributed by atoms with Crippen LogP contribution in [0.4, 0.5) is 5.69 Å². The van der Waals surface area contributed by atoms with Crippen LogP contribution in [0.15, 0.2) is 59.5 Å². The molecule has 3 rings (SSSR count). The van der Waals surface area contributed by atoms with Crippen LogP contribution in [0.1, 0.15) is 5.56 Å². The summed E-state index contributed by atoms with van der Waals surface area (Å²) in [7, 11) is 1.30. The Morgan fingerprint density at radius 2 is 1.85 bits per heavy atom. The molecule has 0 unspecified atom stereocenters. The molecular formula is C19H15NO4S2. The Morgan fingerprint density at radius 1 is 1.15 bits per heavy atom. The molecular weight excluding hydrogens is 370 g/mol. The molecule has 26 heavy (non-hydrogen) atoms. The fourth-order valence-electron chi connectivity index (χ4n) is 2.34. The molecule has 1 amide bonds. The molecule has 5 nitrogen and oxygen atoms in total. The fourth-order valence-corrected chi connectivity index (χ4v) is 3.63. The van der Waals surface area contributed by atoms with Gasteiger partial charge in [0.05, 0.1) is 17.7 Å². The van der Waals surface area contributed by atoms with Crippen LogP contribution < -0.4 is 9.64 Å². The van der Waals surface area contributed by atoms with Crippen molar-refractivity contribution in [2.24, 2.45) is 0 Å². The van der Waals surface area contributed by atoms with Gasteiger partial charge in [-0.15, -0.1) is 0 Å². The van der Waals surface area contributed by atoms with E-state index in [0.717, 1.165) is 5.69 Å². The molecule has 1 heterocycles. The van der Waals surface area contributed by atoms with Gasteiger partial charge in [0.2, 0.25) is 0 Å². The van der Waals surface area contributed by atoms with Crippen molar-refractivity contribution in [1.82, 2.24) is 0 Å². The molecule has 0 aromatic heterocycles. The van der Waals surface area contributed by atoms with E-state index in [2.05, 4.69) is 4.74 Å². The average Bonchev–Trinajstić information content (AvgIpc) is 2.94. The summed E-state index contributed by atoms with van der Waals surface area (Å²) < 4.78 is 10.5. The number of hydrogen-bond acceptors (Lipinski definition) is 6. The van der Waals surface area contributed by atoms with Crippen molar-refractivity contribution in [3.63, 3.8) is 0 Å². The van der Waals surface area contributed by atoms with Gasteiger partial charge in [0.25, 0.3) is 5.91 Å². The van der Waals surface area contributed by atoms with Crippen molar-refractivity contribution in [2.45, 2.75) is 0 Å². The number of carbonyl (C=O) groups is 2. The molecule has 132 valence electrons. The van der Waals surface area contributed by atoms with Crippen LogP contribution in [0.3, 0.4) is 0 Å². The molecule has 2 aromatic rings. The molecule has 1 aliphatic rings. The van der Waals surface area contributed by atoms with Crippen LogP contribution in [0.2, 0.25) is 0 Å². The second kappa shape index (κ2) is 8.16. The van der Waals surface area contributed by atoms with Gasteiger partial charge in [-0.25, -0.2) is 4.79 Å². The number of nitrogens with zero attached hydrogens (tertiary/aromatic N) is 1. The number of carbonyl (C=O) groups excluding carboxylic acids is 2. The van der Waals surface area contributed by atoms with E-state index in [0.29, 0.717) is 20.5 Å². The summed E-state index contributed by atoms with van der Waals surface area (Å²) in [5, 5.41) is 0. The first-order chi connectivity index (χ1) is 12.6. The Labute approximate surface area is 160 Å². The Kier molecular flexibility index (Phi) is 5.70. The number of thiocarbonyl (C=S) groups is 1. The molecule has 0 radical (unpaired) electrons. The minimum absolute atomic E-state index is 0.186. The lowest BCUT2D eigenvalue weighted by Gasteiger charge is -2.13. The van der Waals surface area contributed by atoms with E-state index in [1.165, 1.54) is 23.8 Å². The third-order valence-electron chi connectivity index (χ3n) is 3.59. The normalized spacial score (nSPS) is 15.4. The second-order valence-corrected chi connectivity index (χ2v) is 6.93. The van der Waals surface area contributed by atoms with Crippen LogP contribution in [0.5, 0.6) is 5.75 Å². The third kappa shape index (κ3) is 3.95. The van der Waals surface area contributed by atoms with Gasteiger partial charge in [0.15, 0.2) is 10.9 Å². The summed E-state index contributed by atoms with van der Waals surface area (Å²) in [5.41, 5.74) is 1.42. The van der Waals surface area contributed by atoms with Gasteiger partial charge in [-0.05, 0) is 24.3 Å². The van der Waals surface area contributed by atoms with E-state index in [9.17, 15) is 9.59 Å². The van der Waals surface area contributed by atoms with Gasteiger partial charge >= 0.3 is 5.97 Å². The largest absolute Gasteiger partial charge is 0.481 e. The summed E-state index contributed by atoms with van der Waals surface area (Å²) in [6, 6.07) is 16.4. The molecule has 0 bridgehead atoms. The van der Waals surface area contributed by atoms with Crippen molar-refractivity contribution in [3.05, 3.63) is 65.1 Å². The molecule has 2 aromatic carbocycles. The number of hydrogen-bond donors (Lipinski definition) is 0. The van der Waals surface area contributed by atoms with Gasteiger partial charge in [0.1, 0.15) is 5.75 Å². The van der Waals surface area contributed by atoms with Gasteiger partial charge < -0.3 is 9.47 Å².